The molecule has 2 heterocycles. The van der Waals surface area contributed by atoms with E-state index in [1.807, 2.05) is 36.4 Å². The molecule has 2 atom stereocenters. The van der Waals surface area contributed by atoms with Crippen molar-refractivity contribution in [2.75, 3.05) is 0 Å². The molecule has 0 aliphatic heterocycles. The van der Waals surface area contributed by atoms with E-state index >= 15 is 0 Å². The third-order valence-electron chi connectivity index (χ3n) is 4.55. The second-order valence-corrected chi connectivity index (χ2v) is 7.74. The summed E-state index contributed by atoms with van der Waals surface area (Å²) < 4.78 is 26.3. The van der Waals surface area contributed by atoms with Crippen LogP contribution in [0.15, 0.2) is 55.0 Å². The van der Waals surface area contributed by atoms with E-state index in [0.717, 1.165) is 5.56 Å². The van der Waals surface area contributed by atoms with Crippen LogP contribution in [0.4, 0.5) is 0 Å². The van der Waals surface area contributed by atoms with E-state index < -0.39 is 14.9 Å². The lowest BCUT2D eigenvalue weighted by Crippen LogP contribution is -2.36. The van der Waals surface area contributed by atoms with E-state index in [9.17, 15) is 8.42 Å². The van der Waals surface area contributed by atoms with Crippen molar-refractivity contribution in [1.82, 2.24) is 14.5 Å². The summed E-state index contributed by atoms with van der Waals surface area (Å²) in [7, 11) is -3.79. The number of fused-ring (bicyclic) bond motifs is 1. The lowest BCUT2D eigenvalue weighted by atomic mass is 10.1. The Morgan fingerprint density at radius 3 is 2.70 bits per heavy atom. The first-order chi connectivity index (χ1) is 11.0. The van der Waals surface area contributed by atoms with Crippen LogP contribution in [0.2, 0.25) is 0 Å². The number of hydrogen-bond acceptors (Lipinski definition) is 4. The van der Waals surface area contributed by atoms with Crippen LogP contribution in [0, 0.1) is 5.92 Å². The van der Waals surface area contributed by atoms with E-state index in [-0.39, 0.29) is 5.92 Å². The second-order valence-electron chi connectivity index (χ2n) is 5.94. The third-order valence-corrected chi connectivity index (χ3v) is 6.23. The number of hydrogen-bond donors (Lipinski definition) is 1. The van der Waals surface area contributed by atoms with Gasteiger partial charge in [0.15, 0.2) is 10.5 Å². The van der Waals surface area contributed by atoms with E-state index in [4.69, 9.17) is 5.14 Å². The molecule has 0 bridgehead atoms. The first-order valence-electron chi connectivity index (χ1n) is 7.37. The fraction of sp³-hybridized carbons (Fsp3) is 0.250. The summed E-state index contributed by atoms with van der Waals surface area (Å²) in [6.07, 6.45) is 4.30. The molecule has 1 fully saturated rings. The maximum atomic E-state index is 12.4. The zero-order chi connectivity index (χ0) is 16.1. The number of pyridine rings is 1. The summed E-state index contributed by atoms with van der Waals surface area (Å²) >= 11 is 0. The molecule has 1 aliphatic rings. The van der Waals surface area contributed by atoms with Crippen LogP contribution < -0.4 is 5.14 Å². The van der Waals surface area contributed by atoms with Gasteiger partial charge in [-0.05, 0) is 30.5 Å². The minimum Gasteiger partial charge on any atom is -0.293 e. The molecule has 7 heteroatoms. The fourth-order valence-electron chi connectivity index (χ4n) is 3.33. The normalized spacial score (nSPS) is 24.0. The maximum absolute atomic E-state index is 12.4. The van der Waals surface area contributed by atoms with Gasteiger partial charge < -0.3 is 0 Å². The van der Waals surface area contributed by atoms with Gasteiger partial charge >= 0.3 is 0 Å². The van der Waals surface area contributed by atoms with Gasteiger partial charge in [0.2, 0.25) is 10.0 Å². The van der Waals surface area contributed by atoms with Gasteiger partial charge in [-0.2, -0.15) is 0 Å². The number of aromatic nitrogens is 3. The predicted octanol–water partition coefficient (Wildman–Crippen LogP) is 1.64. The molecule has 4 rings (SSSR count). The number of nitrogens with zero attached hydrogens (tertiary/aromatic N) is 3. The van der Waals surface area contributed by atoms with Crippen molar-refractivity contribution in [2.45, 2.75) is 17.7 Å². The number of rotatable bonds is 4. The molecule has 0 radical (unpaired) electrons. The topological polar surface area (TPSA) is 90.9 Å². The number of sulfonamides is 1. The molecule has 0 saturated heterocycles. The van der Waals surface area contributed by atoms with Gasteiger partial charge in [-0.15, -0.1) is 0 Å². The highest BCUT2D eigenvalue weighted by Gasteiger charge is 2.64. The molecule has 1 aromatic carbocycles. The Morgan fingerprint density at radius 2 is 1.96 bits per heavy atom. The van der Waals surface area contributed by atoms with Gasteiger partial charge in [0.25, 0.3) is 0 Å². The molecule has 2 aromatic heterocycles. The standard InChI is InChI=1S/C16H16N4O2S/c17-23(21,22)16(10-13(16)9-12-5-2-1-3-6-12)20-11-19-14-7-4-8-18-15(14)20/h1-8,11,13H,9-10H2,(H2,17,21,22). The summed E-state index contributed by atoms with van der Waals surface area (Å²) in [6.45, 7) is 0. The van der Waals surface area contributed by atoms with Crippen molar-refractivity contribution in [3.05, 3.63) is 60.6 Å². The Balaban J connectivity index is 1.79. The molecule has 118 valence electrons. The molecule has 3 aromatic rings. The molecule has 6 nitrogen and oxygen atoms in total. The highest BCUT2D eigenvalue weighted by Crippen LogP contribution is 2.55. The first kappa shape index (κ1) is 14.3. The Labute approximate surface area is 134 Å². The summed E-state index contributed by atoms with van der Waals surface area (Å²) in [5.41, 5.74) is 2.32. The second kappa shape index (κ2) is 4.87. The zero-order valence-electron chi connectivity index (χ0n) is 12.3. The monoisotopic (exact) mass is 328 g/mol. The average molecular weight is 328 g/mol. The lowest BCUT2D eigenvalue weighted by Gasteiger charge is -2.17. The van der Waals surface area contributed by atoms with Crippen molar-refractivity contribution in [3.8, 4) is 0 Å². The zero-order valence-corrected chi connectivity index (χ0v) is 13.1. The van der Waals surface area contributed by atoms with E-state index in [0.29, 0.717) is 24.0 Å². The fourth-order valence-corrected chi connectivity index (χ4v) is 4.72. The number of imidazole rings is 1. The number of primary sulfonamides is 1. The van der Waals surface area contributed by atoms with Gasteiger partial charge in [-0.3, -0.25) is 4.57 Å². The number of nitrogens with two attached hydrogens (primary N) is 1. The van der Waals surface area contributed by atoms with Crippen molar-refractivity contribution in [2.24, 2.45) is 11.1 Å². The minimum absolute atomic E-state index is 0.0840. The van der Waals surface area contributed by atoms with Gasteiger partial charge in [0.1, 0.15) is 5.52 Å². The van der Waals surface area contributed by atoms with Crippen LogP contribution in [-0.4, -0.2) is 23.0 Å². The molecule has 1 aliphatic carbocycles. The van der Waals surface area contributed by atoms with Crippen molar-refractivity contribution in [1.29, 1.82) is 0 Å². The average Bonchev–Trinajstić information content (AvgIpc) is 3.10. The quantitative estimate of drug-likeness (QED) is 0.788. The summed E-state index contributed by atoms with van der Waals surface area (Å²) in [4.78, 5) is 7.40. The van der Waals surface area contributed by atoms with Gasteiger partial charge in [0, 0.05) is 12.1 Å². The van der Waals surface area contributed by atoms with E-state index in [1.54, 1.807) is 16.8 Å². The van der Waals surface area contributed by atoms with E-state index in [2.05, 4.69) is 9.97 Å². The Bertz CT molecular complexity index is 968. The summed E-state index contributed by atoms with van der Waals surface area (Å²) in [5, 5.41) is 5.60. The smallest absolute Gasteiger partial charge is 0.234 e. The molecule has 2 unspecified atom stereocenters. The molecule has 0 amide bonds. The Kier molecular flexibility index (Phi) is 3.04. The SMILES string of the molecule is NS(=O)(=O)C1(n2cnc3cccnc32)CC1Cc1ccccc1. The Hall–Kier alpha value is -2.25. The van der Waals surface area contributed by atoms with Gasteiger partial charge in [-0.1, -0.05) is 30.3 Å². The Morgan fingerprint density at radius 1 is 1.17 bits per heavy atom. The van der Waals surface area contributed by atoms with Crippen molar-refractivity contribution in [3.63, 3.8) is 0 Å². The van der Waals surface area contributed by atoms with Gasteiger partial charge in [0.05, 0.1) is 6.33 Å². The molecular weight excluding hydrogens is 312 g/mol. The highest BCUT2D eigenvalue weighted by atomic mass is 32.2. The van der Waals surface area contributed by atoms with Crippen LogP contribution in [0.5, 0.6) is 0 Å². The lowest BCUT2D eigenvalue weighted by molar-refractivity contribution is 0.518. The van der Waals surface area contributed by atoms with Gasteiger partial charge in [-0.25, -0.2) is 23.5 Å². The summed E-state index contributed by atoms with van der Waals surface area (Å²) in [5.74, 6) is -0.0840. The molecule has 2 N–H and O–H groups in total. The molecule has 0 spiro atoms. The maximum Gasteiger partial charge on any atom is 0.234 e. The van der Waals surface area contributed by atoms with Crippen LogP contribution in [0.3, 0.4) is 0 Å². The highest BCUT2D eigenvalue weighted by molar-refractivity contribution is 7.90. The first-order valence-corrected chi connectivity index (χ1v) is 8.92. The largest absolute Gasteiger partial charge is 0.293 e. The predicted molar refractivity (Wildman–Crippen MR) is 86.9 cm³/mol. The van der Waals surface area contributed by atoms with Crippen molar-refractivity contribution >= 4 is 21.2 Å². The van der Waals surface area contributed by atoms with Crippen LogP contribution in [-0.2, 0) is 21.3 Å². The van der Waals surface area contributed by atoms with E-state index in [1.165, 1.54) is 6.33 Å². The van der Waals surface area contributed by atoms with Crippen molar-refractivity contribution < 1.29 is 8.42 Å². The van der Waals surface area contributed by atoms with Crippen LogP contribution in [0.1, 0.15) is 12.0 Å². The third kappa shape index (κ3) is 2.15. The number of benzene rings is 1. The molecular formula is C16H16N4O2S. The van der Waals surface area contributed by atoms with Crippen LogP contribution >= 0.6 is 0 Å². The van der Waals surface area contributed by atoms with Crippen LogP contribution in [0.25, 0.3) is 11.2 Å². The molecule has 1 saturated carbocycles. The molecule has 23 heavy (non-hydrogen) atoms. The summed E-state index contributed by atoms with van der Waals surface area (Å²) in [6, 6.07) is 13.4. The minimum atomic E-state index is -3.79.